The molecule has 0 bridgehead atoms. The normalized spacial score (nSPS) is 14.8. The van der Waals surface area contributed by atoms with E-state index in [1.807, 2.05) is 34.6 Å². The van der Waals surface area contributed by atoms with Gasteiger partial charge in [0.2, 0.25) is 0 Å². The molecule has 0 atom stereocenters. The molecule has 1 amide bonds. The van der Waals surface area contributed by atoms with E-state index in [0.717, 1.165) is 42.8 Å². The van der Waals surface area contributed by atoms with Crippen LogP contribution in [0.1, 0.15) is 53.1 Å². The summed E-state index contributed by atoms with van der Waals surface area (Å²) in [7, 11) is 0. The highest BCUT2D eigenvalue weighted by molar-refractivity contribution is 5.94. The lowest BCUT2D eigenvalue weighted by molar-refractivity contribution is 0.0755. The second kappa shape index (κ2) is 9.25. The Labute approximate surface area is 175 Å². The van der Waals surface area contributed by atoms with Crippen molar-refractivity contribution >= 4 is 11.6 Å². The van der Waals surface area contributed by atoms with E-state index >= 15 is 0 Å². The minimum atomic E-state index is 0.0237. The van der Waals surface area contributed by atoms with Crippen molar-refractivity contribution in [3.8, 4) is 5.88 Å². The van der Waals surface area contributed by atoms with Crippen LogP contribution < -0.4 is 10.1 Å². The first-order valence-electron chi connectivity index (χ1n) is 10.5. The molecule has 0 unspecified atom stereocenters. The fourth-order valence-corrected chi connectivity index (χ4v) is 3.74. The van der Waals surface area contributed by atoms with Crippen molar-refractivity contribution in [3.63, 3.8) is 0 Å². The standard InChI is InChI=1S/C21H28N6O3/c1-15-7-11-27-17(14-22-8-12-29-20-16(2)24-30-25-20)19(23-18(27)13-15)21(28)26-9-5-3-4-6-10-26/h7,11,13,22H,3-6,8-10,12,14H2,1-2H3. The first kappa shape index (κ1) is 20.3. The minimum Gasteiger partial charge on any atom is -0.473 e. The van der Waals surface area contributed by atoms with Gasteiger partial charge in [0.1, 0.15) is 17.9 Å². The lowest BCUT2D eigenvalue weighted by Gasteiger charge is -2.19. The number of likely N-dealkylation sites (tertiary alicyclic amines) is 1. The van der Waals surface area contributed by atoms with E-state index in [1.165, 1.54) is 12.8 Å². The summed E-state index contributed by atoms with van der Waals surface area (Å²) in [6.07, 6.45) is 6.46. The molecule has 3 aromatic rings. The molecule has 3 aromatic heterocycles. The van der Waals surface area contributed by atoms with Crippen molar-refractivity contribution in [2.75, 3.05) is 26.2 Å². The topological polar surface area (TPSA) is 97.8 Å². The predicted molar refractivity (Wildman–Crippen MR) is 111 cm³/mol. The molecule has 0 saturated carbocycles. The number of carbonyl (C=O) groups is 1. The Balaban J connectivity index is 1.48. The molecule has 9 heteroatoms. The number of aryl methyl sites for hydroxylation is 2. The van der Waals surface area contributed by atoms with Crippen molar-refractivity contribution in [1.29, 1.82) is 0 Å². The monoisotopic (exact) mass is 412 g/mol. The summed E-state index contributed by atoms with van der Waals surface area (Å²) in [5.41, 5.74) is 3.94. The summed E-state index contributed by atoms with van der Waals surface area (Å²) in [5.74, 6) is 0.426. The van der Waals surface area contributed by atoms with Crippen LogP contribution in [0, 0.1) is 13.8 Å². The number of pyridine rings is 1. The number of hydrogen-bond donors (Lipinski definition) is 1. The molecule has 1 saturated heterocycles. The maximum atomic E-state index is 13.3. The fraction of sp³-hybridized carbons (Fsp3) is 0.524. The second-order valence-electron chi connectivity index (χ2n) is 7.73. The highest BCUT2D eigenvalue weighted by Gasteiger charge is 2.24. The predicted octanol–water partition coefficient (Wildman–Crippen LogP) is 2.52. The minimum absolute atomic E-state index is 0.0237. The van der Waals surface area contributed by atoms with Gasteiger partial charge < -0.3 is 19.4 Å². The molecule has 0 spiro atoms. The maximum absolute atomic E-state index is 13.3. The lowest BCUT2D eigenvalue weighted by Crippen LogP contribution is -2.33. The van der Waals surface area contributed by atoms with Gasteiger partial charge in [-0.25, -0.2) is 9.61 Å². The van der Waals surface area contributed by atoms with Crippen LogP contribution in [0.4, 0.5) is 0 Å². The molecule has 1 fully saturated rings. The molecule has 0 aromatic carbocycles. The van der Waals surface area contributed by atoms with Gasteiger partial charge in [0.25, 0.3) is 11.8 Å². The van der Waals surface area contributed by atoms with E-state index in [1.54, 1.807) is 6.92 Å². The van der Waals surface area contributed by atoms with Gasteiger partial charge in [-0.15, -0.1) is 0 Å². The van der Waals surface area contributed by atoms with Gasteiger partial charge >= 0.3 is 0 Å². The number of hydrogen-bond acceptors (Lipinski definition) is 7. The maximum Gasteiger partial charge on any atom is 0.278 e. The van der Waals surface area contributed by atoms with Crippen molar-refractivity contribution < 1.29 is 14.2 Å². The van der Waals surface area contributed by atoms with Gasteiger partial charge in [-0.3, -0.25) is 4.79 Å². The SMILES string of the molecule is Cc1ccn2c(CNCCOc3nonc3C)c(C(=O)N3CCCCCC3)nc2c1. The molecule has 1 aliphatic heterocycles. The van der Waals surface area contributed by atoms with Crippen LogP contribution in [0.15, 0.2) is 23.0 Å². The molecular formula is C21H28N6O3. The number of aromatic nitrogens is 4. The van der Waals surface area contributed by atoms with E-state index in [-0.39, 0.29) is 5.91 Å². The number of rotatable bonds is 7. The molecule has 4 heterocycles. The number of fused-ring (bicyclic) bond motifs is 1. The van der Waals surface area contributed by atoms with Gasteiger partial charge in [0.05, 0.1) is 5.69 Å². The molecule has 0 radical (unpaired) electrons. The van der Waals surface area contributed by atoms with Crippen LogP contribution in [0.5, 0.6) is 5.88 Å². The number of imidazole rings is 1. The Bertz CT molecular complexity index is 1000. The molecule has 0 aliphatic carbocycles. The van der Waals surface area contributed by atoms with Gasteiger partial charge in [0.15, 0.2) is 5.69 Å². The largest absolute Gasteiger partial charge is 0.473 e. The summed E-state index contributed by atoms with van der Waals surface area (Å²) in [6.45, 7) is 6.93. The smallest absolute Gasteiger partial charge is 0.278 e. The Morgan fingerprint density at radius 1 is 1.20 bits per heavy atom. The zero-order valence-electron chi connectivity index (χ0n) is 17.6. The van der Waals surface area contributed by atoms with Gasteiger partial charge in [-0.1, -0.05) is 18.0 Å². The highest BCUT2D eigenvalue weighted by atomic mass is 16.6. The van der Waals surface area contributed by atoms with E-state index in [0.29, 0.717) is 37.0 Å². The summed E-state index contributed by atoms with van der Waals surface area (Å²) < 4.78 is 12.2. The van der Waals surface area contributed by atoms with E-state index in [9.17, 15) is 4.79 Å². The Kier molecular flexibility index (Phi) is 6.27. The molecule has 4 rings (SSSR count). The van der Waals surface area contributed by atoms with Crippen molar-refractivity contribution in [1.82, 2.24) is 29.9 Å². The summed E-state index contributed by atoms with van der Waals surface area (Å²) in [5, 5.41) is 10.8. The summed E-state index contributed by atoms with van der Waals surface area (Å²) >= 11 is 0. The van der Waals surface area contributed by atoms with E-state index in [4.69, 9.17) is 9.72 Å². The molecule has 1 aliphatic rings. The van der Waals surface area contributed by atoms with Crippen LogP contribution in [0.25, 0.3) is 5.65 Å². The van der Waals surface area contributed by atoms with E-state index < -0.39 is 0 Å². The second-order valence-corrected chi connectivity index (χ2v) is 7.73. The van der Waals surface area contributed by atoms with Crippen LogP contribution >= 0.6 is 0 Å². The third kappa shape index (κ3) is 4.46. The van der Waals surface area contributed by atoms with Crippen molar-refractivity contribution in [2.24, 2.45) is 0 Å². The number of nitrogens with one attached hydrogen (secondary N) is 1. The molecular weight excluding hydrogens is 384 g/mol. The molecule has 160 valence electrons. The summed E-state index contributed by atoms with van der Waals surface area (Å²) in [6, 6.07) is 4.04. The summed E-state index contributed by atoms with van der Waals surface area (Å²) in [4.78, 5) is 19.9. The van der Waals surface area contributed by atoms with E-state index in [2.05, 4.69) is 20.3 Å². The van der Waals surface area contributed by atoms with Crippen molar-refractivity contribution in [3.05, 3.63) is 41.0 Å². The number of ether oxygens (including phenoxy) is 1. The Morgan fingerprint density at radius 3 is 2.73 bits per heavy atom. The Morgan fingerprint density at radius 2 is 2.00 bits per heavy atom. The Hall–Kier alpha value is -2.94. The third-order valence-corrected chi connectivity index (χ3v) is 5.40. The quantitative estimate of drug-likeness (QED) is 0.596. The average molecular weight is 412 g/mol. The number of amides is 1. The first-order chi connectivity index (χ1) is 14.6. The fourth-order valence-electron chi connectivity index (χ4n) is 3.74. The zero-order chi connectivity index (χ0) is 20.9. The zero-order valence-corrected chi connectivity index (χ0v) is 17.6. The first-order valence-corrected chi connectivity index (χ1v) is 10.5. The lowest BCUT2D eigenvalue weighted by atomic mass is 10.2. The number of carbonyl (C=O) groups excluding carboxylic acids is 1. The van der Waals surface area contributed by atoms with Crippen LogP contribution in [-0.4, -0.2) is 56.7 Å². The van der Waals surface area contributed by atoms with Gasteiger partial charge in [-0.2, -0.15) is 0 Å². The number of nitrogens with zero attached hydrogens (tertiary/aromatic N) is 5. The molecule has 1 N–H and O–H groups in total. The van der Waals surface area contributed by atoms with Crippen molar-refractivity contribution in [2.45, 2.75) is 46.1 Å². The molecule has 9 nitrogen and oxygen atoms in total. The van der Waals surface area contributed by atoms with Crippen LogP contribution in [0.2, 0.25) is 0 Å². The highest BCUT2D eigenvalue weighted by Crippen LogP contribution is 2.19. The average Bonchev–Trinajstić information content (AvgIpc) is 3.18. The van der Waals surface area contributed by atoms with Crippen LogP contribution in [0.3, 0.4) is 0 Å². The van der Waals surface area contributed by atoms with Gasteiger partial charge in [0, 0.05) is 32.4 Å². The van der Waals surface area contributed by atoms with Gasteiger partial charge in [-0.05, 0) is 49.5 Å². The van der Waals surface area contributed by atoms with Crippen LogP contribution in [-0.2, 0) is 6.54 Å². The third-order valence-electron chi connectivity index (χ3n) is 5.40. The molecule has 30 heavy (non-hydrogen) atoms.